The molecule has 0 aliphatic carbocycles. The molecule has 20 heavy (non-hydrogen) atoms. The van der Waals surface area contributed by atoms with E-state index >= 15 is 0 Å². The molecule has 0 atom stereocenters. The molecule has 1 N–H and O–H groups in total. The van der Waals surface area contributed by atoms with Crippen LogP contribution in [0.1, 0.15) is 43.0 Å². The Bertz CT molecular complexity index is 463. The number of carbonyl (C=O) groups excluding carboxylic acids is 1. The fourth-order valence-electron chi connectivity index (χ4n) is 1.68. The third-order valence-corrected chi connectivity index (χ3v) is 3.88. The van der Waals surface area contributed by atoms with Crippen LogP contribution in [0.15, 0.2) is 41.3 Å². The van der Waals surface area contributed by atoms with Crippen molar-refractivity contribution in [1.29, 1.82) is 0 Å². The zero-order chi connectivity index (χ0) is 14.8. The summed E-state index contributed by atoms with van der Waals surface area (Å²) in [5, 5.41) is 8.47. The van der Waals surface area contributed by atoms with Crippen LogP contribution in [0, 0.1) is 0 Å². The first-order valence-corrected chi connectivity index (χ1v) is 7.80. The van der Waals surface area contributed by atoms with Crippen molar-refractivity contribution in [2.75, 3.05) is 5.75 Å². The lowest BCUT2D eigenvalue weighted by Crippen LogP contribution is -1.96. The van der Waals surface area contributed by atoms with E-state index in [0.717, 1.165) is 22.8 Å². The molecule has 0 aliphatic rings. The minimum atomic E-state index is -1.11. The SMILES string of the molecule is CCCCCCSc1ccc(C(=O)/C=C/C(=O)O)cc1. The van der Waals surface area contributed by atoms with Gasteiger partial charge < -0.3 is 5.11 Å². The molecule has 0 fully saturated rings. The van der Waals surface area contributed by atoms with Crippen LogP contribution in [0.3, 0.4) is 0 Å². The molecular weight excluding hydrogens is 272 g/mol. The number of rotatable bonds is 9. The average Bonchev–Trinajstić information content (AvgIpc) is 2.45. The van der Waals surface area contributed by atoms with Gasteiger partial charge in [-0.2, -0.15) is 0 Å². The van der Waals surface area contributed by atoms with Crippen molar-refractivity contribution in [3.63, 3.8) is 0 Å². The van der Waals surface area contributed by atoms with E-state index in [0.29, 0.717) is 5.56 Å². The van der Waals surface area contributed by atoms with Gasteiger partial charge in [-0.05, 0) is 42.5 Å². The van der Waals surface area contributed by atoms with Crippen LogP contribution in [-0.2, 0) is 4.79 Å². The topological polar surface area (TPSA) is 54.4 Å². The highest BCUT2D eigenvalue weighted by molar-refractivity contribution is 7.99. The van der Waals surface area contributed by atoms with Gasteiger partial charge >= 0.3 is 5.97 Å². The van der Waals surface area contributed by atoms with Gasteiger partial charge in [0.1, 0.15) is 0 Å². The molecule has 0 aliphatic heterocycles. The van der Waals surface area contributed by atoms with E-state index in [1.165, 1.54) is 25.7 Å². The fraction of sp³-hybridized carbons (Fsp3) is 0.375. The van der Waals surface area contributed by atoms with Gasteiger partial charge in [0.2, 0.25) is 0 Å². The Labute approximate surface area is 124 Å². The van der Waals surface area contributed by atoms with Crippen LogP contribution in [0.4, 0.5) is 0 Å². The number of hydrogen-bond acceptors (Lipinski definition) is 3. The maximum absolute atomic E-state index is 11.6. The predicted octanol–water partition coefficient (Wildman–Crippen LogP) is 4.18. The summed E-state index contributed by atoms with van der Waals surface area (Å²) in [5.41, 5.74) is 0.512. The molecule has 3 nitrogen and oxygen atoms in total. The number of hydrogen-bond donors (Lipinski definition) is 1. The molecule has 0 aromatic heterocycles. The van der Waals surface area contributed by atoms with Gasteiger partial charge in [0.25, 0.3) is 0 Å². The second kappa shape index (κ2) is 9.37. The van der Waals surface area contributed by atoms with E-state index in [1.807, 2.05) is 12.1 Å². The van der Waals surface area contributed by atoms with E-state index < -0.39 is 5.97 Å². The summed E-state index contributed by atoms with van der Waals surface area (Å²) in [6.07, 6.45) is 6.93. The molecule has 108 valence electrons. The summed E-state index contributed by atoms with van der Waals surface area (Å²) in [4.78, 5) is 23.1. The first kappa shape index (κ1) is 16.5. The Hall–Kier alpha value is -1.55. The molecule has 1 aromatic rings. The van der Waals surface area contributed by atoms with Crippen LogP contribution >= 0.6 is 11.8 Å². The van der Waals surface area contributed by atoms with Crippen LogP contribution in [0.25, 0.3) is 0 Å². The van der Waals surface area contributed by atoms with Crippen molar-refractivity contribution in [1.82, 2.24) is 0 Å². The summed E-state index contributed by atoms with van der Waals surface area (Å²) in [6, 6.07) is 7.30. The quantitative estimate of drug-likeness (QED) is 0.321. The fourth-order valence-corrected chi connectivity index (χ4v) is 2.59. The summed E-state index contributed by atoms with van der Waals surface area (Å²) >= 11 is 1.79. The highest BCUT2D eigenvalue weighted by atomic mass is 32.2. The van der Waals surface area contributed by atoms with Gasteiger partial charge in [-0.25, -0.2) is 4.79 Å². The summed E-state index contributed by atoms with van der Waals surface area (Å²) in [6.45, 7) is 2.20. The summed E-state index contributed by atoms with van der Waals surface area (Å²) < 4.78 is 0. The third-order valence-electron chi connectivity index (χ3n) is 2.78. The molecule has 0 amide bonds. The number of aliphatic carboxylic acids is 1. The van der Waals surface area contributed by atoms with Crippen molar-refractivity contribution in [2.24, 2.45) is 0 Å². The number of thioether (sulfide) groups is 1. The van der Waals surface area contributed by atoms with Crippen molar-refractivity contribution in [2.45, 2.75) is 37.5 Å². The Kier molecular flexibility index (Phi) is 7.73. The van der Waals surface area contributed by atoms with Crippen molar-refractivity contribution < 1.29 is 14.7 Å². The number of carbonyl (C=O) groups is 2. The van der Waals surface area contributed by atoms with E-state index in [-0.39, 0.29) is 5.78 Å². The summed E-state index contributed by atoms with van der Waals surface area (Å²) in [7, 11) is 0. The smallest absolute Gasteiger partial charge is 0.328 e. The second-order valence-corrected chi connectivity index (χ2v) is 5.64. The van der Waals surface area contributed by atoms with E-state index in [1.54, 1.807) is 23.9 Å². The van der Waals surface area contributed by atoms with Gasteiger partial charge in [0, 0.05) is 16.5 Å². The lowest BCUT2D eigenvalue weighted by atomic mass is 10.1. The van der Waals surface area contributed by atoms with Crippen LogP contribution < -0.4 is 0 Å². The molecule has 0 unspecified atom stereocenters. The van der Waals surface area contributed by atoms with Crippen molar-refractivity contribution in [3.05, 3.63) is 42.0 Å². The lowest BCUT2D eigenvalue weighted by molar-refractivity contribution is -0.131. The average molecular weight is 292 g/mol. The molecule has 4 heteroatoms. The number of benzene rings is 1. The highest BCUT2D eigenvalue weighted by Crippen LogP contribution is 2.20. The Morgan fingerprint density at radius 1 is 1.10 bits per heavy atom. The van der Waals surface area contributed by atoms with Crippen molar-refractivity contribution in [3.8, 4) is 0 Å². The van der Waals surface area contributed by atoms with Gasteiger partial charge in [-0.3, -0.25) is 4.79 Å². The molecule has 0 heterocycles. The normalized spacial score (nSPS) is 10.8. The summed E-state index contributed by atoms with van der Waals surface area (Å²) in [5.74, 6) is -0.309. The highest BCUT2D eigenvalue weighted by Gasteiger charge is 2.02. The molecule has 0 bridgehead atoms. The number of carboxylic acid groups (broad SMARTS) is 1. The van der Waals surface area contributed by atoms with E-state index in [2.05, 4.69) is 6.92 Å². The minimum absolute atomic E-state index is 0.285. The molecule has 0 spiro atoms. The number of carboxylic acids is 1. The van der Waals surface area contributed by atoms with E-state index in [9.17, 15) is 9.59 Å². The van der Waals surface area contributed by atoms with Crippen molar-refractivity contribution >= 4 is 23.5 Å². The maximum Gasteiger partial charge on any atom is 0.328 e. The first-order valence-electron chi connectivity index (χ1n) is 6.81. The van der Waals surface area contributed by atoms with E-state index in [4.69, 9.17) is 5.11 Å². The number of ketones is 1. The Morgan fingerprint density at radius 3 is 2.40 bits per heavy atom. The predicted molar refractivity (Wildman–Crippen MR) is 82.4 cm³/mol. The number of allylic oxidation sites excluding steroid dienone is 1. The Balaban J connectivity index is 2.43. The zero-order valence-electron chi connectivity index (χ0n) is 11.7. The van der Waals surface area contributed by atoms with Crippen LogP contribution in [0.5, 0.6) is 0 Å². The largest absolute Gasteiger partial charge is 0.478 e. The van der Waals surface area contributed by atoms with Gasteiger partial charge in [0.15, 0.2) is 5.78 Å². The molecular formula is C16H20O3S. The molecule has 0 saturated carbocycles. The molecule has 1 aromatic carbocycles. The minimum Gasteiger partial charge on any atom is -0.478 e. The Morgan fingerprint density at radius 2 is 1.80 bits per heavy atom. The zero-order valence-corrected chi connectivity index (χ0v) is 12.5. The molecule has 0 saturated heterocycles. The standard InChI is InChI=1S/C16H20O3S/c1-2-3-4-5-12-20-14-8-6-13(7-9-14)15(17)10-11-16(18)19/h6-11H,2-5,12H2,1H3,(H,18,19)/b11-10+. The van der Waals surface area contributed by atoms with Gasteiger partial charge in [-0.15, -0.1) is 11.8 Å². The first-order chi connectivity index (χ1) is 9.63. The monoisotopic (exact) mass is 292 g/mol. The molecule has 1 rings (SSSR count). The number of unbranched alkanes of at least 4 members (excludes halogenated alkanes) is 3. The van der Waals surface area contributed by atoms with Crippen LogP contribution in [-0.4, -0.2) is 22.6 Å². The van der Waals surface area contributed by atoms with Crippen LogP contribution in [0.2, 0.25) is 0 Å². The van der Waals surface area contributed by atoms with Gasteiger partial charge in [-0.1, -0.05) is 26.2 Å². The lowest BCUT2D eigenvalue weighted by Gasteiger charge is -2.02. The molecule has 0 radical (unpaired) electrons. The van der Waals surface area contributed by atoms with Gasteiger partial charge in [0.05, 0.1) is 0 Å². The third kappa shape index (κ3) is 6.57. The second-order valence-electron chi connectivity index (χ2n) is 4.47. The maximum atomic E-state index is 11.6.